The molecule has 1 rings (SSSR count). The summed E-state index contributed by atoms with van der Waals surface area (Å²) in [5, 5.41) is 14.5. The molecule has 0 heterocycles. The fourth-order valence-electron chi connectivity index (χ4n) is 2.73. The van der Waals surface area contributed by atoms with Crippen molar-refractivity contribution in [2.24, 2.45) is 10.1 Å². The van der Waals surface area contributed by atoms with Crippen LogP contribution in [0.3, 0.4) is 0 Å². The van der Waals surface area contributed by atoms with E-state index in [9.17, 15) is 13.2 Å². The van der Waals surface area contributed by atoms with E-state index >= 15 is 0 Å². The average Bonchev–Trinajstić information content (AvgIpc) is 2.65. The van der Waals surface area contributed by atoms with E-state index < -0.39 is 27.3 Å². The van der Waals surface area contributed by atoms with Gasteiger partial charge in [-0.2, -0.15) is 0 Å². The van der Waals surface area contributed by atoms with Crippen molar-refractivity contribution >= 4 is 22.1 Å². The van der Waals surface area contributed by atoms with Gasteiger partial charge in [0.15, 0.2) is 5.96 Å². The van der Waals surface area contributed by atoms with Gasteiger partial charge in [-0.15, -0.1) is 0 Å². The zero-order chi connectivity index (χ0) is 23.0. The summed E-state index contributed by atoms with van der Waals surface area (Å²) in [5.74, 6) is 0.522. The van der Waals surface area contributed by atoms with Crippen LogP contribution in [0.1, 0.15) is 53.0 Å². The molecule has 1 amide bonds. The maximum absolute atomic E-state index is 12.3. The molecule has 0 unspecified atom stereocenters. The molecule has 1 aromatic carbocycles. The largest absolute Gasteiger partial charge is 0.444 e. The molecular weight excluding hydrogens is 406 g/mol. The van der Waals surface area contributed by atoms with Gasteiger partial charge in [-0.05, 0) is 51.3 Å². The number of amides is 1. The fraction of sp³-hybridized carbons (Fsp3) is 0.600. The topological polar surface area (TPSA) is 135 Å². The monoisotopic (exact) mass is 441 g/mol. The number of primary sulfonamides is 1. The number of carbonyl (C=O) groups is 1. The van der Waals surface area contributed by atoms with Crippen LogP contribution in [0.4, 0.5) is 4.79 Å². The lowest BCUT2D eigenvalue weighted by Gasteiger charge is -2.34. The Labute approximate surface area is 179 Å². The molecule has 0 saturated carbocycles. The van der Waals surface area contributed by atoms with Crippen molar-refractivity contribution in [1.29, 1.82) is 0 Å². The van der Waals surface area contributed by atoms with Gasteiger partial charge in [0.05, 0.1) is 10.4 Å². The molecule has 1 aromatic rings. The number of nitrogens with one attached hydrogen (secondary N) is 3. The first-order chi connectivity index (χ1) is 13.8. The number of aliphatic imine (C=N–C) groups is 1. The van der Waals surface area contributed by atoms with Gasteiger partial charge in [-0.1, -0.05) is 26.0 Å². The van der Waals surface area contributed by atoms with E-state index in [-0.39, 0.29) is 4.90 Å². The van der Waals surface area contributed by atoms with Crippen LogP contribution in [0, 0.1) is 0 Å². The molecule has 0 bridgehead atoms. The lowest BCUT2D eigenvalue weighted by Crippen LogP contribution is -2.57. The Hall–Kier alpha value is -2.33. The number of ether oxygens (including phenoxy) is 1. The normalized spacial score (nSPS) is 13.0. The number of guanidine groups is 1. The molecule has 30 heavy (non-hydrogen) atoms. The molecule has 0 aromatic heterocycles. The molecule has 0 aliphatic rings. The highest BCUT2D eigenvalue weighted by atomic mass is 32.2. The van der Waals surface area contributed by atoms with E-state index in [2.05, 4.69) is 20.9 Å². The van der Waals surface area contributed by atoms with Crippen molar-refractivity contribution in [2.75, 3.05) is 13.6 Å². The molecule has 0 fully saturated rings. The Morgan fingerprint density at radius 2 is 1.80 bits per heavy atom. The number of alkyl carbamates (subject to hydrolysis) is 1. The first-order valence-corrected chi connectivity index (χ1v) is 11.5. The summed E-state index contributed by atoms with van der Waals surface area (Å²) < 4.78 is 28.4. The zero-order valence-electron chi connectivity index (χ0n) is 18.7. The second-order valence-electron chi connectivity index (χ2n) is 8.09. The summed E-state index contributed by atoms with van der Waals surface area (Å²) in [5.41, 5.74) is -0.338. The summed E-state index contributed by atoms with van der Waals surface area (Å²) in [4.78, 5) is 16.5. The van der Waals surface area contributed by atoms with Gasteiger partial charge in [0, 0.05) is 20.1 Å². The number of carbonyl (C=O) groups excluding carboxylic acids is 1. The van der Waals surface area contributed by atoms with Crippen LogP contribution in [0.2, 0.25) is 0 Å². The molecule has 0 atom stereocenters. The fourth-order valence-corrected chi connectivity index (χ4v) is 3.32. The van der Waals surface area contributed by atoms with E-state index in [1.807, 2.05) is 34.6 Å². The van der Waals surface area contributed by atoms with E-state index in [0.29, 0.717) is 31.9 Å². The average molecular weight is 442 g/mol. The molecule has 5 N–H and O–H groups in total. The van der Waals surface area contributed by atoms with Gasteiger partial charge in [-0.25, -0.2) is 18.4 Å². The lowest BCUT2D eigenvalue weighted by molar-refractivity contribution is 0.0448. The number of sulfonamides is 1. The summed E-state index contributed by atoms with van der Waals surface area (Å²) in [7, 11) is -2.12. The first kappa shape index (κ1) is 25.7. The molecule has 0 saturated heterocycles. The number of nitrogens with two attached hydrogens (primary N) is 1. The third kappa shape index (κ3) is 8.58. The van der Waals surface area contributed by atoms with Gasteiger partial charge in [0.1, 0.15) is 5.60 Å². The maximum atomic E-state index is 12.3. The number of hydrogen-bond acceptors (Lipinski definition) is 5. The van der Waals surface area contributed by atoms with E-state index in [1.165, 1.54) is 12.1 Å². The molecule has 0 spiro atoms. The van der Waals surface area contributed by atoms with Crippen LogP contribution in [-0.4, -0.2) is 45.2 Å². The van der Waals surface area contributed by atoms with Crippen LogP contribution in [-0.2, 0) is 21.3 Å². The second-order valence-corrected chi connectivity index (χ2v) is 9.65. The van der Waals surface area contributed by atoms with Crippen LogP contribution < -0.4 is 21.1 Å². The first-order valence-electron chi connectivity index (χ1n) is 9.91. The predicted molar refractivity (Wildman–Crippen MR) is 119 cm³/mol. The van der Waals surface area contributed by atoms with Gasteiger partial charge in [0.2, 0.25) is 10.0 Å². The van der Waals surface area contributed by atoms with E-state index in [1.54, 1.807) is 19.2 Å². The van der Waals surface area contributed by atoms with Gasteiger partial charge < -0.3 is 20.7 Å². The SMILES string of the molecule is CCC(CC)(CNC(=NC)NCc1cccc(S(N)(=O)=O)c1)NC(=O)OC(C)(C)C. The van der Waals surface area contributed by atoms with Crippen LogP contribution in [0.25, 0.3) is 0 Å². The van der Waals surface area contributed by atoms with Gasteiger partial charge in [0.25, 0.3) is 0 Å². The highest BCUT2D eigenvalue weighted by Crippen LogP contribution is 2.16. The second kappa shape index (κ2) is 10.6. The quantitative estimate of drug-likeness (QED) is 0.360. The predicted octanol–water partition coefficient (Wildman–Crippen LogP) is 2.08. The van der Waals surface area contributed by atoms with Gasteiger partial charge >= 0.3 is 6.09 Å². The Morgan fingerprint density at radius 1 is 1.17 bits per heavy atom. The van der Waals surface area contributed by atoms with Crippen molar-refractivity contribution in [3.8, 4) is 0 Å². The summed E-state index contributed by atoms with van der Waals surface area (Å²) in [6.45, 7) is 10.3. The lowest BCUT2D eigenvalue weighted by atomic mass is 9.93. The van der Waals surface area contributed by atoms with Crippen molar-refractivity contribution in [3.63, 3.8) is 0 Å². The molecule has 0 aliphatic heterocycles. The zero-order valence-corrected chi connectivity index (χ0v) is 19.5. The minimum atomic E-state index is -3.76. The maximum Gasteiger partial charge on any atom is 0.408 e. The highest BCUT2D eigenvalue weighted by molar-refractivity contribution is 7.89. The van der Waals surface area contributed by atoms with Crippen LogP contribution in [0.5, 0.6) is 0 Å². The third-order valence-corrected chi connectivity index (χ3v) is 5.54. The Balaban J connectivity index is 2.75. The standard InChI is InChI=1S/C20H35N5O4S/c1-7-20(8-2,25-18(26)29-19(3,4)5)14-24-17(22-6)23-13-15-10-9-11-16(12-15)30(21,27)28/h9-12H,7-8,13-14H2,1-6H3,(H,25,26)(H2,21,27,28)(H2,22,23,24). The molecule has 10 heteroatoms. The van der Waals surface area contributed by atoms with Crippen LogP contribution in [0.15, 0.2) is 34.2 Å². The minimum Gasteiger partial charge on any atom is -0.444 e. The summed E-state index contributed by atoms with van der Waals surface area (Å²) in [6.07, 6.45) is 0.933. The van der Waals surface area contributed by atoms with E-state index in [0.717, 1.165) is 5.56 Å². The molecule has 170 valence electrons. The van der Waals surface area contributed by atoms with Crippen LogP contribution >= 0.6 is 0 Å². The molecule has 9 nitrogen and oxygen atoms in total. The number of rotatable bonds is 8. The van der Waals surface area contributed by atoms with Gasteiger partial charge in [-0.3, -0.25) is 4.99 Å². The minimum absolute atomic E-state index is 0.0577. The Morgan fingerprint density at radius 3 is 2.30 bits per heavy atom. The number of nitrogens with zero attached hydrogens (tertiary/aromatic N) is 1. The third-order valence-electron chi connectivity index (χ3n) is 4.62. The number of benzene rings is 1. The molecule has 0 aliphatic carbocycles. The van der Waals surface area contributed by atoms with Crippen molar-refractivity contribution in [1.82, 2.24) is 16.0 Å². The Bertz CT molecular complexity index is 843. The highest BCUT2D eigenvalue weighted by Gasteiger charge is 2.30. The molecule has 0 radical (unpaired) electrons. The van der Waals surface area contributed by atoms with Crippen molar-refractivity contribution in [3.05, 3.63) is 29.8 Å². The summed E-state index contributed by atoms with van der Waals surface area (Å²) >= 11 is 0. The smallest absolute Gasteiger partial charge is 0.408 e. The number of hydrogen-bond donors (Lipinski definition) is 4. The summed E-state index contributed by atoms with van der Waals surface area (Å²) in [6, 6.07) is 6.39. The Kier molecular flexibility index (Phi) is 9.10. The van der Waals surface area contributed by atoms with Crippen molar-refractivity contribution in [2.45, 2.75) is 70.0 Å². The molecular formula is C20H35N5O4S. The van der Waals surface area contributed by atoms with E-state index in [4.69, 9.17) is 9.88 Å². The van der Waals surface area contributed by atoms with Crippen molar-refractivity contribution < 1.29 is 17.9 Å².